The number of pyridine rings is 1. The van der Waals surface area contributed by atoms with Crippen LogP contribution in [0.3, 0.4) is 0 Å². The van der Waals surface area contributed by atoms with E-state index in [9.17, 15) is 0 Å². The van der Waals surface area contributed by atoms with Crippen molar-refractivity contribution in [3.63, 3.8) is 0 Å². The lowest BCUT2D eigenvalue weighted by Crippen LogP contribution is -2.43. The van der Waals surface area contributed by atoms with Gasteiger partial charge in [0.1, 0.15) is 5.65 Å². The molecule has 3 heterocycles. The van der Waals surface area contributed by atoms with E-state index in [2.05, 4.69) is 28.2 Å². The van der Waals surface area contributed by atoms with Crippen LogP contribution in [0.25, 0.3) is 5.65 Å². The molecule has 0 aliphatic carbocycles. The lowest BCUT2D eigenvalue weighted by atomic mass is 10.0. The molecule has 0 radical (unpaired) electrons. The molecule has 1 aliphatic rings. The van der Waals surface area contributed by atoms with Crippen LogP contribution in [-0.4, -0.2) is 47.0 Å². The first-order valence-corrected chi connectivity index (χ1v) is 8.25. The van der Waals surface area contributed by atoms with Crippen molar-refractivity contribution in [1.29, 1.82) is 0 Å². The number of fused-ring (bicyclic) bond motifs is 1. The van der Waals surface area contributed by atoms with E-state index in [1.54, 1.807) is 0 Å². The van der Waals surface area contributed by atoms with Gasteiger partial charge >= 0.3 is 0 Å². The average molecular weight is 307 g/mol. The predicted octanol–water partition coefficient (Wildman–Crippen LogP) is 2.99. The molecule has 2 aromatic rings. The van der Waals surface area contributed by atoms with Crippen LogP contribution in [0.4, 0.5) is 5.82 Å². The molecule has 114 valence electrons. The minimum Gasteiger partial charge on any atom is -0.355 e. The fraction of sp³-hybridized carbons (Fsp3) is 0.562. The molecule has 1 fully saturated rings. The summed E-state index contributed by atoms with van der Waals surface area (Å²) in [5.74, 6) is 1.52. The van der Waals surface area contributed by atoms with E-state index in [4.69, 9.17) is 16.6 Å². The molecule has 0 atom stereocenters. The molecule has 1 saturated heterocycles. The summed E-state index contributed by atoms with van der Waals surface area (Å²) in [7, 11) is 2.16. The molecule has 0 N–H and O–H groups in total. The van der Waals surface area contributed by atoms with Crippen LogP contribution in [0.5, 0.6) is 0 Å². The summed E-state index contributed by atoms with van der Waals surface area (Å²) in [6.45, 7) is 5.74. The van der Waals surface area contributed by atoms with Crippen molar-refractivity contribution < 1.29 is 0 Å². The molecule has 0 aromatic carbocycles. The summed E-state index contributed by atoms with van der Waals surface area (Å²) in [4.78, 5) is 9.63. The minimum absolute atomic E-state index is 0.485. The Hall–Kier alpha value is -1.26. The standard InChI is InChI=1S/C16H23ClN4/c1-3-20-10-7-13(8-11-20)19(2)16-14(12-17)21-9-5-4-6-15(21)18-16/h4-6,9,13H,3,7-8,10-12H2,1-2H3. The molecular weight excluding hydrogens is 284 g/mol. The third-order valence-electron chi connectivity index (χ3n) is 4.62. The van der Waals surface area contributed by atoms with Crippen molar-refractivity contribution in [1.82, 2.24) is 14.3 Å². The molecule has 0 unspecified atom stereocenters. The molecule has 0 bridgehead atoms. The zero-order valence-corrected chi connectivity index (χ0v) is 13.6. The molecule has 1 aliphatic heterocycles. The normalized spacial score (nSPS) is 17.5. The van der Waals surface area contributed by atoms with Gasteiger partial charge < -0.3 is 14.2 Å². The maximum Gasteiger partial charge on any atom is 0.152 e. The van der Waals surface area contributed by atoms with E-state index in [-0.39, 0.29) is 0 Å². The Morgan fingerprint density at radius 3 is 2.76 bits per heavy atom. The van der Waals surface area contributed by atoms with E-state index >= 15 is 0 Å². The molecule has 0 amide bonds. The van der Waals surface area contributed by atoms with Crippen LogP contribution >= 0.6 is 11.6 Å². The number of anilines is 1. The third kappa shape index (κ3) is 2.74. The summed E-state index contributed by atoms with van der Waals surface area (Å²) in [5, 5.41) is 0. The number of hydrogen-bond donors (Lipinski definition) is 0. The van der Waals surface area contributed by atoms with E-state index in [1.807, 2.05) is 24.4 Å². The maximum absolute atomic E-state index is 6.19. The molecule has 3 rings (SSSR count). The second kappa shape index (κ2) is 6.24. The highest BCUT2D eigenvalue weighted by Crippen LogP contribution is 2.27. The number of halogens is 1. The third-order valence-corrected chi connectivity index (χ3v) is 4.87. The topological polar surface area (TPSA) is 23.8 Å². The zero-order chi connectivity index (χ0) is 14.8. The Labute approximate surface area is 131 Å². The number of alkyl halides is 1. The molecule has 0 spiro atoms. The van der Waals surface area contributed by atoms with Crippen LogP contribution in [0.2, 0.25) is 0 Å². The van der Waals surface area contributed by atoms with Gasteiger partial charge in [-0.15, -0.1) is 11.6 Å². The Morgan fingerprint density at radius 2 is 2.10 bits per heavy atom. The van der Waals surface area contributed by atoms with E-state index in [0.717, 1.165) is 23.7 Å². The van der Waals surface area contributed by atoms with E-state index < -0.39 is 0 Å². The Bertz CT molecular complexity index is 601. The minimum atomic E-state index is 0.485. The highest BCUT2D eigenvalue weighted by molar-refractivity contribution is 6.17. The van der Waals surface area contributed by atoms with Gasteiger partial charge in [0.15, 0.2) is 5.82 Å². The number of imidazole rings is 1. The van der Waals surface area contributed by atoms with Gasteiger partial charge in [0.25, 0.3) is 0 Å². The van der Waals surface area contributed by atoms with E-state index in [1.165, 1.54) is 25.9 Å². The van der Waals surface area contributed by atoms with Crippen LogP contribution in [-0.2, 0) is 5.88 Å². The second-order valence-corrected chi connectivity index (χ2v) is 5.99. The Morgan fingerprint density at radius 1 is 1.33 bits per heavy atom. The average Bonchev–Trinajstić information content (AvgIpc) is 2.92. The van der Waals surface area contributed by atoms with Crippen molar-refractivity contribution in [3.8, 4) is 0 Å². The fourth-order valence-electron chi connectivity index (χ4n) is 3.24. The van der Waals surface area contributed by atoms with Crippen molar-refractivity contribution in [2.24, 2.45) is 0 Å². The number of nitrogens with zero attached hydrogens (tertiary/aromatic N) is 4. The van der Waals surface area contributed by atoms with Gasteiger partial charge in [0.05, 0.1) is 11.6 Å². The summed E-state index contributed by atoms with van der Waals surface area (Å²) >= 11 is 6.19. The first-order chi connectivity index (χ1) is 10.2. The predicted molar refractivity (Wildman–Crippen MR) is 88.3 cm³/mol. The lowest BCUT2D eigenvalue weighted by molar-refractivity contribution is 0.220. The summed E-state index contributed by atoms with van der Waals surface area (Å²) in [6.07, 6.45) is 4.43. The smallest absolute Gasteiger partial charge is 0.152 e. The van der Waals surface area contributed by atoms with Crippen LogP contribution in [0, 0.1) is 0 Å². The quantitative estimate of drug-likeness (QED) is 0.812. The molecule has 2 aromatic heterocycles. The highest BCUT2D eigenvalue weighted by Gasteiger charge is 2.25. The second-order valence-electron chi connectivity index (χ2n) is 5.72. The van der Waals surface area contributed by atoms with Crippen molar-refractivity contribution in [3.05, 3.63) is 30.1 Å². The van der Waals surface area contributed by atoms with Gasteiger partial charge in [-0.3, -0.25) is 0 Å². The Balaban J connectivity index is 1.86. The largest absolute Gasteiger partial charge is 0.355 e. The number of aromatic nitrogens is 2. The first kappa shape index (κ1) is 14.7. The van der Waals surface area contributed by atoms with Crippen molar-refractivity contribution in [2.45, 2.75) is 31.7 Å². The zero-order valence-electron chi connectivity index (χ0n) is 12.8. The highest BCUT2D eigenvalue weighted by atomic mass is 35.5. The van der Waals surface area contributed by atoms with Gasteiger partial charge in [-0.25, -0.2) is 4.98 Å². The SMILES string of the molecule is CCN1CCC(N(C)c2nc3ccccn3c2CCl)CC1. The lowest BCUT2D eigenvalue weighted by Gasteiger charge is -2.36. The van der Waals surface area contributed by atoms with Gasteiger partial charge in [-0.1, -0.05) is 13.0 Å². The van der Waals surface area contributed by atoms with E-state index in [0.29, 0.717) is 11.9 Å². The number of likely N-dealkylation sites (tertiary alicyclic amines) is 1. The number of rotatable bonds is 4. The first-order valence-electron chi connectivity index (χ1n) is 7.71. The summed E-state index contributed by atoms with van der Waals surface area (Å²) in [6, 6.07) is 6.63. The molecule has 0 saturated carbocycles. The molecular formula is C16H23ClN4. The van der Waals surface area contributed by atoms with Gasteiger partial charge in [0, 0.05) is 32.4 Å². The van der Waals surface area contributed by atoms with Crippen molar-refractivity contribution >= 4 is 23.1 Å². The van der Waals surface area contributed by atoms with Gasteiger partial charge in [-0.2, -0.15) is 0 Å². The summed E-state index contributed by atoms with van der Waals surface area (Å²) < 4.78 is 2.10. The van der Waals surface area contributed by atoms with Gasteiger partial charge in [-0.05, 0) is 31.5 Å². The number of hydrogen-bond acceptors (Lipinski definition) is 3. The molecule has 21 heavy (non-hydrogen) atoms. The number of piperidine rings is 1. The molecule has 5 heteroatoms. The van der Waals surface area contributed by atoms with Crippen LogP contribution < -0.4 is 4.90 Å². The van der Waals surface area contributed by atoms with Gasteiger partial charge in [0.2, 0.25) is 0 Å². The van der Waals surface area contributed by atoms with Crippen LogP contribution in [0.1, 0.15) is 25.5 Å². The molecule has 4 nitrogen and oxygen atoms in total. The van der Waals surface area contributed by atoms with Crippen molar-refractivity contribution in [2.75, 3.05) is 31.6 Å². The van der Waals surface area contributed by atoms with Crippen LogP contribution in [0.15, 0.2) is 24.4 Å². The Kier molecular flexibility index (Phi) is 4.36. The monoisotopic (exact) mass is 306 g/mol. The maximum atomic E-state index is 6.19. The fourth-order valence-corrected chi connectivity index (χ4v) is 3.48. The summed E-state index contributed by atoms with van der Waals surface area (Å²) in [5.41, 5.74) is 2.06.